The van der Waals surface area contributed by atoms with Gasteiger partial charge < -0.3 is 5.11 Å². The molecule has 0 heterocycles. The summed E-state index contributed by atoms with van der Waals surface area (Å²) in [5, 5.41) is 10.9. The molecule has 2 heteroatoms. The van der Waals surface area contributed by atoms with Crippen molar-refractivity contribution in [2.75, 3.05) is 0 Å². The fraction of sp³-hybridized carbons (Fsp3) is 0.750. The van der Waals surface area contributed by atoms with Crippen molar-refractivity contribution in [1.29, 1.82) is 0 Å². The van der Waals surface area contributed by atoms with Crippen LogP contribution in [0.1, 0.15) is 64.7 Å². The number of carbonyl (C=O) groups excluding carboxylic acids is 1. The molecular formula is C20H26O2. The number of aliphatic hydroxyl groups is 1. The van der Waals surface area contributed by atoms with Gasteiger partial charge in [0.05, 0.1) is 0 Å². The second kappa shape index (κ2) is 4.71. The molecule has 0 saturated heterocycles. The molecule has 4 aliphatic rings. The lowest BCUT2D eigenvalue weighted by Gasteiger charge is -2.53. The average Bonchev–Trinajstić information content (AvgIpc) is 2.79. The lowest BCUT2D eigenvalue weighted by molar-refractivity contribution is -0.119. The maximum atomic E-state index is 11.7. The smallest absolute Gasteiger partial charge is 0.137 e. The number of hydrogen-bond acceptors (Lipinski definition) is 2. The Morgan fingerprint density at radius 2 is 2.00 bits per heavy atom. The van der Waals surface area contributed by atoms with Crippen LogP contribution in [0.2, 0.25) is 0 Å². The quantitative estimate of drug-likeness (QED) is 0.547. The van der Waals surface area contributed by atoms with E-state index in [-0.39, 0.29) is 5.41 Å². The van der Waals surface area contributed by atoms with E-state index < -0.39 is 5.60 Å². The van der Waals surface area contributed by atoms with Crippen LogP contribution in [0.25, 0.3) is 0 Å². The van der Waals surface area contributed by atoms with Gasteiger partial charge in [0, 0.05) is 18.3 Å². The predicted molar refractivity (Wildman–Crippen MR) is 85.9 cm³/mol. The van der Waals surface area contributed by atoms with Crippen LogP contribution < -0.4 is 0 Å². The van der Waals surface area contributed by atoms with Crippen molar-refractivity contribution in [1.82, 2.24) is 0 Å². The van der Waals surface area contributed by atoms with E-state index in [2.05, 4.69) is 12.8 Å². The summed E-state index contributed by atoms with van der Waals surface area (Å²) >= 11 is 0. The topological polar surface area (TPSA) is 37.3 Å². The van der Waals surface area contributed by atoms with E-state index in [1.54, 1.807) is 5.57 Å². The van der Waals surface area contributed by atoms with Gasteiger partial charge in [-0.25, -0.2) is 0 Å². The van der Waals surface area contributed by atoms with Crippen molar-refractivity contribution in [2.24, 2.45) is 23.2 Å². The maximum Gasteiger partial charge on any atom is 0.137 e. The molecule has 22 heavy (non-hydrogen) atoms. The molecule has 2 saturated carbocycles. The fourth-order valence-corrected chi connectivity index (χ4v) is 6.30. The second-order valence-corrected chi connectivity index (χ2v) is 8.26. The number of hydrogen-bond donors (Lipinski definition) is 1. The van der Waals surface area contributed by atoms with Gasteiger partial charge in [0.15, 0.2) is 0 Å². The Bertz CT molecular complexity index is 595. The van der Waals surface area contributed by atoms with E-state index in [9.17, 15) is 9.90 Å². The van der Waals surface area contributed by atoms with Gasteiger partial charge in [-0.15, -0.1) is 6.42 Å². The summed E-state index contributed by atoms with van der Waals surface area (Å²) in [6.07, 6.45) is 14.5. The van der Waals surface area contributed by atoms with Crippen LogP contribution in [-0.4, -0.2) is 16.5 Å². The maximum absolute atomic E-state index is 11.7. The number of rotatable bonds is 0. The van der Waals surface area contributed by atoms with Gasteiger partial charge in [-0.05, 0) is 62.7 Å². The monoisotopic (exact) mass is 298 g/mol. The van der Waals surface area contributed by atoms with Gasteiger partial charge in [-0.2, -0.15) is 0 Å². The zero-order chi connectivity index (χ0) is 15.5. The van der Waals surface area contributed by atoms with Crippen LogP contribution in [0.3, 0.4) is 0 Å². The molecule has 0 bridgehead atoms. The predicted octanol–water partition coefficient (Wildman–Crippen LogP) is 3.64. The molecule has 0 unspecified atom stereocenters. The van der Waals surface area contributed by atoms with E-state index in [0.717, 1.165) is 51.4 Å². The number of terminal acetylenes is 1. The van der Waals surface area contributed by atoms with Crippen LogP contribution in [-0.2, 0) is 4.79 Å². The van der Waals surface area contributed by atoms with Crippen molar-refractivity contribution < 1.29 is 9.90 Å². The summed E-state index contributed by atoms with van der Waals surface area (Å²) in [7, 11) is 0. The number of ketones is 1. The first kappa shape index (κ1) is 14.5. The molecule has 0 spiro atoms. The normalized spacial score (nSPS) is 47.5. The third-order valence-corrected chi connectivity index (χ3v) is 7.59. The van der Waals surface area contributed by atoms with Gasteiger partial charge in [0.1, 0.15) is 11.4 Å². The zero-order valence-electron chi connectivity index (χ0n) is 13.5. The minimum absolute atomic E-state index is 0.106. The third-order valence-electron chi connectivity index (χ3n) is 7.59. The van der Waals surface area contributed by atoms with Crippen molar-refractivity contribution in [2.45, 2.75) is 70.3 Å². The first-order chi connectivity index (χ1) is 10.5. The van der Waals surface area contributed by atoms with Crippen LogP contribution in [0, 0.1) is 35.5 Å². The number of fused-ring (bicyclic) bond motifs is 4. The molecule has 0 aromatic heterocycles. The van der Waals surface area contributed by atoms with Crippen LogP contribution in [0.15, 0.2) is 11.1 Å². The summed E-state index contributed by atoms with van der Waals surface area (Å²) < 4.78 is 0. The van der Waals surface area contributed by atoms with Gasteiger partial charge in [0.25, 0.3) is 0 Å². The summed E-state index contributed by atoms with van der Waals surface area (Å²) in [6.45, 7) is 2.23. The molecule has 0 aromatic carbocycles. The lowest BCUT2D eigenvalue weighted by atomic mass is 9.52. The molecule has 0 amide bonds. The summed E-state index contributed by atoms with van der Waals surface area (Å²) in [6, 6.07) is 0. The Balaban J connectivity index is 1.67. The minimum atomic E-state index is -0.903. The van der Waals surface area contributed by atoms with Crippen molar-refractivity contribution >= 4 is 5.78 Å². The highest BCUT2D eigenvalue weighted by molar-refractivity contribution is 5.82. The first-order valence-electron chi connectivity index (χ1n) is 8.91. The molecule has 0 aliphatic heterocycles. The Morgan fingerprint density at radius 3 is 2.77 bits per heavy atom. The van der Waals surface area contributed by atoms with E-state index in [1.807, 2.05) is 0 Å². The average molecular weight is 298 g/mol. The van der Waals surface area contributed by atoms with E-state index in [4.69, 9.17) is 6.42 Å². The number of allylic oxidation sites excluding steroid dienone is 2. The highest BCUT2D eigenvalue weighted by Gasteiger charge is 2.61. The van der Waals surface area contributed by atoms with Gasteiger partial charge >= 0.3 is 0 Å². The summed E-state index contributed by atoms with van der Waals surface area (Å²) in [5.41, 5.74) is 2.08. The van der Waals surface area contributed by atoms with Gasteiger partial charge in [0.2, 0.25) is 0 Å². The first-order valence-corrected chi connectivity index (χ1v) is 8.91. The fourth-order valence-electron chi connectivity index (χ4n) is 6.30. The van der Waals surface area contributed by atoms with E-state index in [0.29, 0.717) is 23.5 Å². The molecular weight excluding hydrogens is 272 g/mol. The highest BCUT2D eigenvalue weighted by atomic mass is 16.3. The third kappa shape index (κ3) is 1.75. The van der Waals surface area contributed by atoms with Gasteiger partial charge in [-0.3, -0.25) is 4.79 Å². The lowest BCUT2D eigenvalue weighted by Crippen LogP contribution is -2.50. The second-order valence-electron chi connectivity index (χ2n) is 8.26. The molecule has 0 radical (unpaired) electrons. The van der Waals surface area contributed by atoms with E-state index >= 15 is 0 Å². The Morgan fingerprint density at radius 1 is 1.18 bits per heavy atom. The summed E-state index contributed by atoms with van der Waals surface area (Å²) in [5.74, 6) is 5.06. The zero-order valence-corrected chi connectivity index (χ0v) is 13.5. The van der Waals surface area contributed by atoms with Gasteiger partial charge in [-0.1, -0.05) is 24.0 Å². The Hall–Kier alpha value is -1.07. The largest absolute Gasteiger partial charge is 0.377 e. The van der Waals surface area contributed by atoms with Crippen LogP contribution in [0.5, 0.6) is 0 Å². The molecule has 4 aliphatic carbocycles. The molecule has 2 nitrogen and oxygen atoms in total. The van der Waals surface area contributed by atoms with Crippen molar-refractivity contribution in [3.8, 4) is 12.3 Å². The number of Topliss-reactive ketones (excluding diaryl/α,β-unsaturated/α-hetero) is 1. The molecule has 118 valence electrons. The van der Waals surface area contributed by atoms with Crippen LogP contribution >= 0.6 is 0 Å². The Labute approximate surface area is 133 Å². The highest BCUT2D eigenvalue weighted by Crippen LogP contribution is 2.64. The molecule has 2 fully saturated rings. The Kier molecular flexibility index (Phi) is 3.11. The van der Waals surface area contributed by atoms with E-state index in [1.165, 1.54) is 12.0 Å². The summed E-state index contributed by atoms with van der Waals surface area (Å²) in [4.78, 5) is 11.7. The number of carbonyl (C=O) groups is 1. The van der Waals surface area contributed by atoms with Crippen molar-refractivity contribution in [3.05, 3.63) is 11.1 Å². The SMILES string of the molecule is C#C[C@]1(O)CC[C@@H]2[C@@H]3CCC4=C(CCC(=O)C4)[C@H]3CC[C@]21C. The minimum Gasteiger partial charge on any atom is -0.377 e. The molecule has 4 rings (SSSR count). The van der Waals surface area contributed by atoms with Crippen molar-refractivity contribution in [3.63, 3.8) is 0 Å². The molecule has 1 N–H and O–H groups in total. The molecule has 5 atom stereocenters. The standard InChI is InChI=1S/C20H26O2/c1-3-20(22)11-9-18-17-6-4-13-12-14(21)5-7-15(13)16(17)8-10-19(18,20)2/h1,16-18,22H,4-12H2,2H3/t16-,17-,18-,19-,20+/m1/s1. The molecule has 0 aromatic rings. The van der Waals surface area contributed by atoms with Crippen LogP contribution in [0.4, 0.5) is 0 Å².